The molecule has 1 aromatic heterocycles. The van der Waals surface area contributed by atoms with Gasteiger partial charge in [0.1, 0.15) is 16.2 Å². The molecule has 0 atom stereocenters. The van der Waals surface area contributed by atoms with Crippen molar-refractivity contribution in [1.29, 1.82) is 0 Å². The number of pyridine rings is 1. The highest BCUT2D eigenvalue weighted by molar-refractivity contribution is 9.10. The smallest absolute Gasteiger partial charge is 0.131 e. The monoisotopic (exact) mass is 280 g/mol. The van der Waals surface area contributed by atoms with E-state index in [9.17, 15) is 4.39 Å². The Kier molecular flexibility index (Phi) is 3.19. The zero-order valence-electron chi connectivity index (χ0n) is 8.67. The molecule has 0 amide bonds. The summed E-state index contributed by atoms with van der Waals surface area (Å²) >= 11 is 3.28. The van der Waals surface area contributed by atoms with E-state index in [0.29, 0.717) is 11.4 Å². The molecule has 1 N–H and O–H groups in total. The van der Waals surface area contributed by atoms with Gasteiger partial charge in [-0.3, -0.25) is 0 Å². The quantitative estimate of drug-likeness (QED) is 0.840. The minimum Gasteiger partial charge on any atom is -0.340 e. The maximum atomic E-state index is 13.3. The van der Waals surface area contributed by atoms with Gasteiger partial charge < -0.3 is 5.32 Å². The summed E-state index contributed by atoms with van der Waals surface area (Å²) in [5.41, 5.74) is 1.31. The van der Waals surface area contributed by atoms with Crippen LogP contribution >= 0.6 is 15.9 Å². The molecule has 16 heavy (non-hydrogen) atoms. The summed E-state index contributed by atoms with van der Waals surface area (Å²) in [5, 5.41) is 3.07. The van der Waals surface area contributed by atoms with Crippen LogP contribution in [0.4, 0.5) is 15.9 Å². The molecule has 2 aromatic rings. The van der Waals surface area contributed by atoms with Gasteiger partial charge in [0.15, 0.2) is 0 Å². The Bertz CT molecular complexity index is 514. The van der Waals surface area contributed by atoms with Crippen molar-refractivity contribution in [2.24, 2.45) is 0 Å². The highest BCUT2D eigenvalue weighted by atomic mass is 79.9. The van der Waals surface area contributed by atoms with E-state index in [2.05, 4.69) is 26.2 Å². The molecule has 1 heterocycles. The lowest BCUT2D eigenvalue weighted by molar-refractivity contribution is 0.619. The van der Waals surface area contributed by atoms with Gasteiger partial charge in [0, 0.05) is 11.3 Å². The van der Waals surface area contributed by atoms with Gasteiger partial charge >= 0.3 is 0 Å². The van der Waals surface area contributed by atoms with Gasteiger partial charge in [-0.2, -0.15) is 0 Å². The number of nitrogens with zero attached hydrogens (tertiary/aromatic N) is 1. The fraction of sp³-hybridized carbons (Fsp3) is 0.0833. The van der Waals surface area contributed by atoms with E-state index in [0.717, 1.165) is 10.3 Å². The van der Waals surface area contributed by atoms with Crippen molar-refractivity contribution in [3.05, 3.63) is 52.4 Å². The number of hydrogen-bond acceptors (Lipinski definition) is 2. The van der Waals surface area contributed by atoms with Crippen LogP contribution in [-0.4, -0.2) is 4.98 Å². The van der Waals surface area contributed by atoms with E-state index in [-0.39, 0.29) is 5.82 Å². The van der Waals surface area contributed by atoms with Crippen LogP contribution in [0.2, 0.25) is 0 Å². The molecule has 2 nitrogen and oxygen atoms in total. The molecule has 4 heteroatoms. The average molecular weight is 281 g/mol. The molecule has 0 saturated carbocycles. The van der Waals surface area contributed by atoms with Crippen molar-refractivity contribution in [2.75, 3.05) is 5.32 Å². The molecule has 0 aliphatic carbocycles. The molecule has 0 aliphatic rings. The first kappa shape index (κ1) is 11.1. The number of benzene rings is 1. The van der Waals surface area contributed by atoms with Crippen molar-refractivity contribution in [3.63, 3.8) is 0 Å². The highest BCUT2D eigenvalue weighted by Gasteiger charge is 2.03. The van der Waals surface area contributed by atoms with Crippen LogP contribution in [0.25, 0.3) is 0 Å². The lowest BCUT2D eigenvalue weighted by Crippen LogP contribution is -1.97. The van der Waals surface area contributed by atoms with Crippen molar-refractivity contribution in [2.45, 2.75) is 6.92 Å². The maximum Gasteiger partial charge on any atom is 0.131 e. The van der Waals surface area contributed by atoms with E-state index >= 15 is 0 Å². The summed E-state index contributed by atoms with van der Waals surface area (Å²) in [6.45, 7) is 1.73. The minimum atomic E-state index is -0.222. The van der Waals surface area contributed by atoms with Gasteiger partial charge in [-0.15, -0.1) is 0 Å². The Morgan fingerprint density at radius 1 is 1.19 bits per heavy atom. The van der Waals surface area contributed by atoms with Gasteiger partial charge in [0.05, 0.1) is 0 Å². The second kappa shape index (κ2) is 4.61. The number of nitrogens with one attached hydrogen (secondary N) is 1. The summed E-state index contributed by atoms with van der Waals surface area (Å²) in [7, 11) is 0. The first-order valence-corrected chi connectivity index (χ1v) is 5.61. The molecule has 0 aliphatic heterocycles. The SMILES string of the molecule is Cc1c(F)cccc1Nc1cccc(Br)n1. The van der Waals surface area contributed by atoms with E-state index in [1.54, 1.807) is 13.0 Å². The first-order valence-electron chi connectivity index (χ1n) is 4.81. The highest BCUT2D eigenvalue weighted by Crippen LogP contribution is 2.21. The van der Waals surface area contributed by atoms with Crippen molar-refractivity contribution >= 4 is 27.4 Å². The summed E-state index contributed by atoms with van der Waals surface area (Å²) in [5.74, 6) is 0.461. The first-order chi connectivity index (χ1) is 7.66. The summed E-state index contributed by atoms with van der Waals surface area (Å²) in [6.07, 6.45) is 0. The van der Waals surface area contributed by atoms with Crippen LogP contribution in [-0.2, 0) is 0 Å². The van der Waals surface area contributed by atoms with E-state index in [1.165, 1.54) is 6.07 Å². The molecule has 82 valence electrons. The van der Waals surface area contributed by atoms with Gasteiger partial charge in [0.2, 0.25) is 0 Å². The normalized spacial score (nSPS) is 10.2. The van der Waals surface area contributed by atoms with Crippen LogP contribution in [0.5, 0.6) is 0 Å². The molecule has 2 rings (SSSR count). The minimum absolute atomic E-state index is 0.222. The molecule has 0 saturated heterocycles. The van der Waals surface area contributed by atoms with Crippen LogP contribution in [0.15, 0.2) is 41.0 Å². The van der Waals surface area contributed by atoms with Crippen LogP contribution in [0.3, 0.4) is 0 Å². The molecule has 0 bridgehead atoms. The predicted molar refractivity (Wildman–Crippen MR) is 66.4 cm³/mol. The third kappa shape index (κ3) is 2.39. The fourth-order valence-electron chi connectivity index (χ4n) is 1.36. The Hall–Kier alpha value is -1.42. The van der Waals surface area contributed by atoms with Crippen molar-refractivity contribution in [3.8, 4) is 0 Å². The Morgan fingerprint density at radius 3 is 2.69 bits per heavy atom. The van der Waals surface area contributed by atoms with Gasteiger partial charge in [-0.1, -0.05) is 12.1 Å². The Balaban J connectivity index is 2.31. The second-order valence-electron chi connectivity index (χ2n) is 3.38. The molecule has 0 radical (unpaired) electrons. The zero-order valence-corrected chi connectivity index (χ0v) is 10.3. The third-order valence-corrected chi connectivity index (χ3v) is 2.69. The van der Waals surface area contributed by atoms with Crippen LogP contribution in [0, 0.1) is 12.7 Å². The van der Waals surface area contributed by atoms with E-state index in [4.69, 9.17) is 0 Å². The van der Waals surface area contributed by atoms with E-state index in [1.807, 2.05) is 24.3 Å². The molecule has 1 aromatic carbocycles. The standard InChI is InChI=1S/C12H10BrFN2/c1-8-9(14)4-2-5-10(8)15-12-7-3-6-11(13)16-12/h2-7H,1H3,(H,15,16). The number of rotatable bonds is 2. The zero-order chi connectivity index (χ0) is 11.5. The third-order valence-electron chi connectivity index (χ3n) is 2.25. The predicted octanol–water partition coefficient (Wildman–Crippen LogP) is 4.04. The van der Waals surface area contributed by atoms with Crippen LogP contribution < -0.4 is 5.32 Å². The number of halogens is 2. The van der Waals surface area contributed by atoms with Crippen LogP contribution in [0.1, 0.15) is 5.56 Å². The average Bonchev–Trinajstić information content (AvgIpc) is 2.25. The van der Waals surface area contributed by atoms with Crippen molar-refractivity contribution in [1.82, 2.24) is 4.98 Å². The molecule has 0 fully saturated rings. The molecule has 0 unspecified atom stereocenters. The Labute approximate surface area is 102 Å². The summed E-state index contributed by atoms with van der Waals surface area (Å²) < 4.78 is 14.0. The maximum absolute atomic E-state index is 13.3. The lowest BCUT2D eigenvalue weighted by Gasteiger charge is -2.09. The van der Waals surface area contributed by atoms with Gasteiger partial charge in [0.25, 0.3) is 0 Å². The topological polar surface area (TPSA) is 24.9 Å². The molecular weight excluding hydrogens is 271 g/mol. The molecular formula is C12H10BrFN2. The second-order valence-corrected chi connectivity index (χ2v) is 4.20. The largest absolute Gasteiger partial charge is 0.340 e. The summed E-state index contributed by atoms with van der Waals surface area (Å²) in [6, 6.07) is 10.5. The van der Waals surface area contributed by atoms with Gasteiger partial charge in [-0.05, 0) is 47.1 Å². The number of aromatic nitrogens is 1. The van der Waals surface area contributed by atoms with E-state index < -0.39 is 0 Å². The number of hydrogen-bond donors (Lipinski definition) is 1. The summed E-state index contributed by atoms with van der Waals surface area (Å²) in [4.78, 5) is 4.22. The lowest BCUT2D eigenvalue weighted by atomic mass is 10.2. The fourth-order valence-corrected chi connectivity index (χ4v) is 1.70. The van der Waals surface area contributed by atoms with Crippen molar-refractivity contribution < 1.29 is 4.39 Å². The van der Waals surface area contributed by atoms with Gasteiger partial charge in [-0.25, -0.2) is 9.37 Å². The number of anilines is 2. The Morgan fingerprint density at radius 2 is 1.94 bits per heavy atom. The molecule has 0 spiro atoms.